The summed E-state index contributed by atoms with van der Waals surface area (Å²) in [6, 6.07) is 8.95. The third-order valence-electron chi connectivity index (χ3n) is 6.21. The number of anilines is 1. The lowest BCUT2D eigenvalue weighted by Crippen LogP contribution is -2.33. The van der Waals surface area contributed by atoms with Crippen molar-refractivity contribution in [1.82, 2.24) is 19.4 Å². The molecular weight excluding hydrogens is 446 g/mol. The van der Waals surface area contributed by atoms with Crippen LogP contribution in [0, 0.1) is 5.92 Å². The van der Waals surface area contributed by atoms with Crippen LogP contribution in [0.15, 0.2) is 39.9 Å². The Morgan fingerprint density at radius 3 is 2.57 bits per heavy atom. The molecule has 35 heavy (non-hydrogen) atoms. The minimum absolute atomic E-state index is 0.0579. The van der Waals surface area contributed by atoms with Crippen molar-refractivity contribution < 1.29 is 9.59 Å². The first-order valence-electron chi connectivity index (χ1n) is 12.0. The summed E-state index contributed by atoms with van der Waals surface area (Å²) < 4.78 is 1.45. The molecule has 2 amide bonds. The quantitative estimate of drug-likeness (QED) is 0.517. The molecule has 2 N–H and O–H groups in total. The molecule has 1 aromatic carbocycles. The van der Waals surface area contributed by atoms with Crippen molar-refractivity contribution in [2.45, 2.75) is 59.5 Å². The number of para-hydroxylation sites is 1. The third-order valence-corrected chi connectivity index (χ3v) is 6.21. The van der Waals surface area contributed by atoms with Crippen LogP contribution >= 0.6 is 0 Å². The molecule has 0 atom stereocenters. The number of aromatic amines is 1. The van der Waals surface area contributed by atoms with Crippen molar-refractivity contribution in [3.63, 3.8) is 0 Å². The van der Waals surface area contributed by atoms with E-state index in [1.54, 1.807) is 23.1 Å². The molecule has 0 radical (unpaired) electrons. The zero-order chi connectivity index (χ0) is 25.3. The molecule has 0 aliphatic heterocycles. The number of aromatic nitrogens is 3. The van der Waals surface area contributed by atoms with Gasteiger partial charge in [-0.15, -0.1) is 0 Å². The molecule has 2 aromatic heterocycles. The van der Waals surface area contributed by atoms with E-state index < -0.39 is 17.2 Å². The molecule has 1 aliphatic carbocycles. The van der Waals surface area contributed by atoms with E-state index in [0.717, 1.165) is 18.4 Å². The number of pyridine rings is 1. The summed E-state index contributed by atoms with van der Waals surface area (Å²) in [5.41, 5.74) is 1.32. The summed E-state index contributed by atoms with van der Waals surface area (Å²) in [7, 11) is 0. The van der Waals surface area contributed by atoms with Crippen molar-refractivity contribution in [2.75, 3.05) is 11.9 Å². The predicted molar refractivity (Wildman–Crippen MR) is 135 cm³/mol. The van der Waals surface area contributed by atoms with Gasteiger partial charge in [0.15, 0.2) is 5.65 Å². The van der Waals surface area contributed by atoms with Gasteiger partial charge >= 0.3 is 5.69 Å². The number of carbonyl (C=O) groups is 2. The monoisotopic (exact) mass is 477 g/mol. The van der Waals surface area contributed by atoms with Crippen LogP contribution in [0.4, 0.5) is 5.69 Å². The molecule has 2 heterocycles. The van der Waals surface area contributed by atoms with Crippen molar-refractivity contribution >= 4 is 28.5 Å². The van der Waals surface area contributed by atoms with Crippen LogP contribution in [-0.4, -0.2) is 37.8 Å². The third kappa shape index (κ3) is 5.18. The topological polar surface area (TPSA) is 117 Å². The summed E-state index contributed by atoms with van der Waals surface area (Å²) in [5.74, 6) is -0.163. The molecule has 0 saturated heterocycles. The van der Waals surface area contributed by atoms with E-state index in [9.17, 15) is 19.2 Å². The van der Waals surface area contributed by atoms with E-state index in [-0.39, 0.29) is 34.3 Å². The number of rotatable bonds is 8. The maximum Gasteiger partial charge on any atom is 0.330 e. The molecular formula is C26H31N5O4. The number of fused-ring (bicyclic) bond motifs is 1. The Bertz CT molecular complexity index is 1400. The number of H-pyrrole nitrogens is 1. The summed E-state index contributed by atoms with van der Waals surface area (Å²) in [5, 5.41) is 3.03. The molecule has 0 spiro atoms. The van der Waals surface area contributed by atoms with Gasteiger partial charge in [0.2, 0.25) is 5.91 Å². The SMILES string of the molecule is CCN(Cc1ccccc1NC(=O)c1cc(C2CC2)nc2c1c(=O)[nH]c(=O)n2CC(C)C)C(C)=O. The first-order chi connectivity index (χ1) is 16.7. The minimum atomic E-state index is -0.632. The van der Waals surface area contributed by atoms with Crippen LogP contribution in [0.2, 0.25) is 0 Å². The zero-order valence-electron chi connectivity index (χ0n) is 20.6. The van der Waals surface area contributed by atoms with Gasteiger partial charge < -0.3 is 10.2 Å². The van der Waals surface area contributed by atoms with E-state index in [0.29, 0.717) is 31.0 Å². The maximum absolute atomic E-state index is 13.6. The highest BCUT2D eigenvalue weighted by Gasteiger charge is 2.29. The Kier molecular flexibility index (Phi) is 6.86. The Labute approximate surface area is 203 Å². The second-order valence-electron chi connectivity index (χ2n) is 9.48. The average Bonchev–Trinajstić information content (AvgIpc) is 3.65. The van der Waals surface area contributed by atoms with Crippen molar-refractivity contribution in [1.29, 1.82) is 0 Å². The lowest BCUT2D eigenvalue weighted by molar-refractivity contribution is -0.129. The van der Waals surface area contributed by atoms with E-state index in [1.807, 2.05) is 32.9 Å². The molecule has 9 nitrogen and oxygen atoms in total. The van der Waals surface area contributed by atoms with Gasteiger partial charge in [-0.1, -0.05) is 32.0 Å². The van der Waals surface area contributed by atoms with Gasteiger partial charge in [0.1, 0.15) is 0 Å². The van der Waals surface area contributed by atoms with Crippen molar-refractivity contribution in [3.05, 3.63) is 68.0 Å². The van der Waals surface area contributed by atoms with Gasteiger partial charge in [-0.25, -0.2) is 9.78 Å². The van der Waals surface area contributed by atoms with Crippen LogP contribution in [0.5, 0.6) is 0 Å². The van der Waals surface area contributed by atoms with Crippen LogP contribution in [-0.2, 0) is 17.9 Å². The lowest BCUT2D eigenvalue weighted by atomic mass is 10.1. The van der Waals surface area contributed by atoms with E-state index in [1.165, 1.54) is 11.5 Å². The molecule has 3 aromatic rings. The fourth-order valence-electron chi connectivity index (χ4n) is 4.22. The molecule has 1 saturated carbocycles. The summed E-state index contributed by atoms with van der Waals surface area (Å²) in [4.78, 5) is 59.7. The van der Waals surface area contributed by atoms with E-state index in [2.05, 4.69) is 15.3 Å². The molecule has 4 rings (SSSR count). The summed E-state index contributed by atoms with van der Waals surface area (Å²) in [6.45, 7) is 8.61. The minimum Gasteiger partial charge on any atom is -0.339 e. The summed E-state index contributed by atoms with van der Waals surface area (Å²) >= 11 is 0. The van der Waals surface area contributed by atoms with Gasteiger partial charge in [-0.05, 0) is 43.4 Å². The van der Waals surface area contributed by atoms with Crippen LogP contribution in [0.3, 0.4) is 0 Å². The van der Waals surface area contributed by atoms with Gasteiger partial charge in [0.05, 0.1) is 10.9 Å². The fraction of sp³-hybridized carbons (Fsp3) is 0.423. The Morgan fingerprint density at radius 1 is 1.23 bits per heavy atom. The first-order valence-corrected chi connectivity index (χ1v) is 12.0. The Hall–Kier alpha value is -3.75. The average molecular weight is 478 g/mol. The molecule has 1 aliphatic rings. The second kappa shape index (κ2) is 9.85. The molecule has 9 heteroatoms. The Morgan fingerprint density at radius 2 is 1.94 bits per heavy atom. The van der Waals surface area contributed by atoms with Crippen LogP contribution < -0.4 is 16.6 Å². The number of benzene rings is 1. The largest absolute Gasteiger partial charge is 0.339 e. The molecule has 0 unspecified atom stereocenters. The predicted octanol–water partition coefficient (Wildman–Crippen LogP) is 3.24. The molecule has 0 bridgehead atoms. The first kappa shape index (κ1) is 24.4. The van der Waals surface area contributed by atoms with Gasteiger partial charge in [0.25, 0.3) is 11.5 Å². The fourth-order valence-corrected chi connectivity index (χ4v) is 4.22. The standard InChI is InChI=1S/C26H31N5O4/c1-5-30(16(4)32)14-18-8-6-7-9-20(18)28-24(33)19-12-21(17-10-11-17)27-23-22(19)25(34)29-26(35)31(23)13-15(2)3/h6-9,12,15,17H,5,10-11,13-14H2,1-4H3,(H,28,33)(H,29,34,35). The number of amides is 2. The van der Waals surface area contributed by atoms with Gasteiger partial charge in [-0.2, -0.15) is 0 Å². The number of nitrogens with zero attached hydrogens (tertiary/aromatic N) is 3. The number of hydrogen-bond acceptors (Lipinski definition) is 5. The lowest BCUT2D eigenvalue weighted by Gasteiger charge is -2.21. The normalized spacial score (nSPS) is 13.3. The highest BCUT2D eigenvalue weighted by molar-refractivity contribution is 6.12. The number of hydrogen-bond donors (Lipinski definition) is 2. The number of nitrogens with one attached hydrogen (secondary N) is 2. The Balaban J connectivity index is 1.81. The smallest absolute Gasteiger partial charge is 0.330 e. The summed E-state index contributed by atoms with van der Waals surface area (Å²) in [6.07, 6.45) is 1.91. The second-order valence-corrected chi connectivity index (χ2v) is 9.48. The highest BCUT2D eigenvalue weighted by Crippen LogP contribution is 2.40. The van der Waals surface area contributed by atoms with Crippen LogP contribution in [0.1, 0.15) is 68.1 Å². The van der Waals surface area contributed by atoms with Gasteiger partial charge in [0, 0.05) is 43.9 Å². The van der Waals surface area contributed by atoms with Crippen molar-refractivity contribution in [3.8, 4) is 0 Å². The highest BCUT2D eigenvalue weighted by atomic mass is 16.2. The number of carbonyl (C=O) groups excluding carboxylic acids is 2. The molecule has 184 valence electrons. The zero-order valence-corrected chi connectivity index (χ0v) is 20.6. The van der Waals surface area contributed by atoms with Gasteiger partial charge in [-0.3, -0.25) is 23.9 Å². The maximum atomic E-state index is 13.6. The van der Waals surface area contributed by atoms with E-state index >= 15 is 0 Å². The van der Waals surface area contributed by atoms with E-state index in [4.69, 9.17) is 0 Å². The van der Waals surface area contributed by atoms with Crippen molar-refractivity contribution in [2.24, 2.45) is 5.92 Å². The molecule has 1 fully saturated rings. The van der Waals surface area contributed by atoms with Crippen LogP contribution in [0.25, 0.3) is 11.0 Å².